The standard InChI is InChI=1S/C13H19NO3S/c1-10(14)9-18(15,16)7-5-11-2-3-13-12(8-11)4-6-17-13/h2-3,8,10H,4-7,9,14H2,1H3. The van der Waals surface area contributed by atoms with Gasteiger partial charge in [0.05, 0.1) is 18.1 Å². The lowest BCUT2D eigenvalue weighted by Crippen LogP contribution is -2.28. The summed E-state index contributed by atoms with van der Waals surface area (Å²) in [5.74, 6) is 1.15. The van der Waals surface area contributed by atoms with Crippen molar-refractivity contribution in [2.24, 2.45) is 5.73 Å². The van der Waals surface area contributed by atoms with Crippen LogP contribution in [0.5, 0.6) is 5.75 Å². The van der Waals surface area contributed by atoms with Crippen LogP contribution in [0.3, 0.4) is 0 Å². The van der Waals surface area contributed by atoms with Gasteiger partial charge in [0, 0.05) is 12.5 Å². The van der Waals surface area contributed by atoms with Crippen molar-refractivity contribution in [3.63, 3.8) is 0 Å². The summed E-state index contributed by atoms with van der Waals surface area (Å²) in [5, 5.41) is 0. The molecule has 1 aromatic carbocycles. The quantitative estimate of drug-likeness (QED) is 0.863. The normalized spacial score (nSPS) is 16.1. The highest BCUT2D eigenvalue weighted by Crippen LogP contribution is 2.26. The SMILES string of the molecule is CC(N)CS(=O)(=O)CCc1ccc2c(c1)CCO2. The molecule has 0 spiro atoms. The van der Waals surface area contributed by atoms with Gasteiger partial charge in [-0.05, 0) is 30.5 Å². The van der Waals surface area contributed by atoms with E-state index in [4.69, 9.17) is 10.5 Å². The van der Waals surface area contributed by atoms with Crippen LogP contribution >= 0.6 is 0 Å². The minimum atomic E-state index is -3.05. The predicted octanol–water partition coefficient (Wildman–Crippen LogP) is 0.926. The second-order valence-electron chi connectivity index (χ2n) is 4.88. The van der Waals surface area contributed by atoms with E-state index in [-0.39, 0.29) is 17.5 Å². The molecule has 5 heteroatoms. The van der Waals surface area contributed by atoms with Crippen LogP contribution in [0.1, 0.15) is 18.1 Å². The number of hydrogen-bond acceptors (Lipinski definition) is 4. The zero-order chi connectivity index (χ0) is 13.2. The summed E-state index contributed by atoms with van der Waals surface area (Å²) in [6, 6.07) is 5.61. The van der Waals surface area contributed by atoms with Crippen LogP contribution in [0.15, 0.2) is 18.2 Å². The summed E-state index contributed by atoms with van der Waals surface area (Å²) in [6.45, 7) is 2.44. The molecule has 2 rings (SSSR count). The molecule has 0 amide bonds. The van der Waals surface area contributed by atoms with Gasteiger partial charge in [0.25, 0.3) is 0 Å². The topological polar surface area (TPSA) is 69.4 Å². The number of nitrogens with two attached hydrogens (primary N) is 1. The van der Waals surface area contributed by atoms with Gasteiger partial charge in [-0.25, -0.2) is 8.42 Å². The Morgan fingerprint density at radius 3 is 2.94 bits per heavy atom. The highest BCUT2D eigenvalue weighted by molar-refractivity contribution is 7.91. The average molecular weight is 269 g/mol. The highest BCUT2D eigenvalue weighted by Gasteiger charge is 2.15. The number of benzene rings is 1. The van der Waals surface area contributed by atoms with Crippen molar-refractivity contribution in [1.82, 2.24) is 0 Å². The third-order valence-electron chi connectivity index (χ3n) is 2.97. The third kappa shape index (κ3) is 3.46. The van der Waals surface area contributed by atoms with E-state index in [2.05, 4.69) is 0 Å². The number of hydrogen-bond donors (Lipinski definition) is 1. The van der Waals surface area contributed by atoms with E-state index in [0.717, 1.165) is 24.3 Å². The van der Waals surface area contributed by atoms with Gasteiger partial charge < -0.3 is 10.5 Å². The van der Waals surface area contributed by atoms with Gasteiger partial charge >= 0.3 is 0 Å². The van der Waals surface area contributed by atoms with Crippen LogP contribution in [0.2, 0.25) is 0 Å². The van der Waals surface area contributed by atoms with Crippen molar-refractivity contribution in [3.05, 3.63) is 29.3 Å². The van der Waals surface area contributed by atoms with Gasteiger partial charge in [-0.15, -0.1) is 0 Å². The molecule has 1 heterocycles. The number of fused-ring (bicyclic) bond motifs is 1. The Kier molecular flexibility index (Phi) is 3.92. The zero-order valence-corrected chi connectivity index (χ0v) is 11.4. The Morgan fingerprint density at radius 2 is 2.22 bits per heavy atom. The van der Waals surface area contributed by atoms with Gasteiger partial charge in [0.2, 0.25) is 0 Å². The number of ether oxygens (including phenoxy) is 1. The smallest absolute Gasteiger partial charge is 0.152 e. The Balaban J connectivity index is 1.98. The molecule has 0 saturated carbocycles. The molecule has 0 saturated heterocycles. The summed E-state index contributed by atoms with van der Waals surface area (Å²) >= 11 is 0. The maximum Gasteiger partial charge on any atom is 0.152 e. The van der Waals surface area contributed by atoms with E-state index in [1.807, 2.05) is 18.2 Å². The maximum atomic E-state index is 11.7. The van der Waals surface area contributed by atoms with Crippen LogP contribution in [0.25, 0.3) is 0 Å². The van der Waals surface area contributed by atoms with Crippen molar-refractivity contribution in [2.75, 3.05) is 18.1 Å². The predicted molar refractivity (Wildman–Crippen MR) is 71.6 cm³/mol. The molecule has 4 nitrogen and oxygen atoms in total. The Bertz CT molecular complexity index is 523. The average Bonchev–Trinajstić information content (AvgIpc) is 2.71. The summed E-state index contributed by atoms with van der Waals surface area (Å²) < 4.78 is 28.9. The van der Waals surface area contributed by atoms with Crippen molar-refractivity contribution in [3.8, 4) is 5.75 Å². The minimum absolute atomic E-state index is 0.0566. The molecule has 0 aliphatic carbocycles. The lowest BCUT2D eigenvalue weighted by Gasteiger charge is -2.08. The van der Waals surface area contributed by atoms with Gasteiger partial charge in [-0.1, -0.05) is 12.1 Å². The highest BCUT2D eigenvalue weighted by atomic mass is 32.2. The molecule has 1 unspecified atom stereocenters. The number of aryl methyl sites for hydroxylation is 1. The maximum absolute atomic E-state index is 11.7. The van der Waals surface area contributed by atoms with E-state index >= 15 is 0 Å². The number of rotatable bonds is 5. The van der Waals surface area contributed by atoms with Gasteiger partial charge in [-0.3, -0.25) is 0 Å². The third-order valence-corrected chi connectivity index (χ3v) is 4.83. The van der Waals surface area contributed by atoms with Crippen LogP contribution in [-0.4, -0.2) is 32.6 Å². The molecule has 1 atom stereocenters. The molecule has 0 fully saturated rings. The minimum Gasteiger partial charge on any atom is -0.493 e. The first-order valence-electron chi connectivity index (χ1n) is 6.17. The molecule has 0 radical (unpaired) electrons. The Labute approximate surface area is 108 Å². The molecule has 2 N–H and O–H groups in total. The van der Waals surface area contributed by atoms with Gasteiger partial charge in [0.15, 0.2) is 9.84 Å². The van der Waals surface area contributed by atoms with E-state index in [1.165, 1.54) is 5.56 Å². The molecule has 0 bridgehead atoms. The molecule has 1 aliphatic heterocycles. The molecule has 1 aromatic rings. The Morgan fingerprint density at radius 1 is 1.44 bits per heavy atom. The zero-order valence-electron chi connectivity index (χ0n) is 10.6. The van der Waals surface area contributed by atoms with E-state index in [0.29, 0.717) is 6.42 Å². The van der Waals surface area contributed by atoms with Crippen molar-refractivity contribution in [2.45, 2.75) is 25.8 Å². The molecule has 0 aromatic heterocycles. The second kappa shape index (κ2) is 5.28. The first-order valence-corrected chi connectivity index (χ1v) is 7.99. The fourth-order valence-corrected chi connectivity index (χ4v) is 3.67. The summed E-state index contributed by atoms with van der Waals surface area (Å²) in [7, 11) is -3.05. The van der Waals surface area contributed by atoms with Gasteiger partial charge in [-0.2, -0.15) is 0 Å². The van der Waals surface area contributed by atoms with Crippen molar-refractivity contribution >= 4 is 9.84 Å². The van der Waals surface area contributed by atoms with Crippen LogP contribution in [-0.2, 0) is 22.7 Å². The monoisotopic (exact) mass is 269 g/mol. The fraction of sp³-hybridized carbons (Fsp3) is 0.538. The van der Waals surface area contributed by atoms with E-state index in [1.54, 1.807) is 6.92 Å². The molecular weight excluding hydrogens is 250 g/mol. The largest absolute Gasteiger partial charge is 0.493 e. The lowest BCUT2D eigenvalue weighted by atomic mass is 10.1. The molecular formula is C13H19NO3S. The van der Waals surface area contributed by atoms with Crippen molar-refractivity contribution < 1.29 is 13.2 Å². The molecule has 1 aliphatic rings. The molecule has 18 heavy (non-hydrogen) atoms. The van der Waals surface area contributed by atoms with Crippen LogP contribution < -0.4 is 10.5 Å². The fourth-order valence-electron chi connectivity index (χ4n) is 2.15. The summed E-state index contributed by atoms with van der Waals surface area (Å²) in [4.78, 5) is 0. The first kappa shape index (κ1) is 13.4. The van der Waals surface area contributed by atoms with Crippen LogP contribution in [0.4, 0.5) is 0 Å². The lowest BCUT2D eigenvalue weighted by molar-refractivity contribution is 0.357. The van der Waals surface area contributed by atoms with Gasteiger partial charge in [0.1, 0.15) is 5.75 Å². The second-order valence-corrected chi connectivity index (χ2v) is 7.11. The van der Waals surface area contributed by atoms with Crippen molar-refractivity contribution in [1.29, 1.82) is 0 Å². The summed E-state index contributed by atoms with van der Waals surface area (Å²) in [6.07, 6.45) is 1.46. The van der Waals surface area contributed by atoms with E-state index in [9.17, 15) is 8.42 Å². The summed E-state index contributed by atoms with van der Waals surface area (Å²) in [5.41, 5.74) is 7.75. The first-order chi connectivity index (χ1) is 8.46. The Hall–Kier alpha value is -1.07. The van der Waals surface area contributed by atoms with E-state index < -0.39 is 9.84 Å². The van der Waals surface area contributed by atoms with Crippen LogP contribution in [0, 0.1) is 0 Å². The molecule has 100 valence electrons. The number of sulfone groups is 1.